The fourth-order valence-electron chi connectivity index (χ4n) is 2.68. The highest BCUT2D eigenvalue weighted by Crippen LogP contribution is 2.29. The average Bonchev–Trinajstić information content (AvgIpc) is 2.74. The van der Waals surface area contributed by atoms with E-state index in [0.29, 0.717) is 11.8 Å². The molecular formula is C21H25N5O2S. The van der Waals surface area contributed by atoms with E-state index in [1.165, 1.54) is 0 Å². The predicted octanol–water partition coefficient (Wildman–Crippen LogP) is 4.06. The molecule has 8 heteroatoms. The van der Waals surface area contributed by atoms with Gasteiger partial charge in [0.1, 0.15) is 11.6 Å². The zero-order valence-corrected chi connectivity index (χ0v) is 17.5. The van der Waals surface area contributed by atoms with Crippen LogP contribution in [-0.2, 0) is 10.7 Å². The number of rotatable bonds is 8. The van der Waals surface area contributed by atoms with Crippen molar-refractivity contribution in [3.05, 3.63) is 54.7 Å². The van der Waals surface area contributed by atoms with Gasteiger partial charge in [0.25, 0.3) is 0 Å². The van der Waals surface area contributed by atoms with Crippen LogP contribution in [0.3, 0.4) is 0 Å². The van der Waals surface area contributed by atoms with Crippen LogP contribution in [0.2, 0.25) is 0 Å². The predicted molar refractivity (Wildman–Crippen MR) is 118 cm³/mol. The first-order chi connectivity index (χ1) is 14.0. The molecule has 0 bridgehead atoms. The highest BCUT2D eigenvalue weighted by Gasteiger charge is 2.12. The normalized spacial score (nSPS) is 12.8. The molecule has 0 radical (unpaired) electrons. The van der Waals surface area contributed by atoms with Gasteiger partial charge in [0.05, 0.1) is 13.7 Å². The first-order valence-corrected chi connectivity index (χ1v) is 10.8. The molecule has 2 atom stereocenters. The molecule has 0 amide bonds. The second kappa shape index (κ2) is 9.49. The van der Waals surface area contributed by atoms with Crippen molar-refractivity contribution >= 4 is 28.1 Å². The van der Waals surface area contributed by atoms with Crippen LogP contribution in [0.25, 0.3) is 11.1 Å². The lowest BCUT2D eigenvalue weighted by Crippen LogP contribution is -2.21. The maximum Gasteiger partial charge on any atom is 0.229 e. The fourth-order valence-corrected chi connectivity index (χ4v) is 3.23. The lowest BCUT2D eigenvalue weighted by molar-refractivity contribution is 0.281. The third kappa shape index (κ3) is 5.30. The Morgan fingerprint density at radius 3 is 2.41 bits per heavy atom. The van der Waals surface area contributed by atoms with Crippen LogP contribution in [0.15, 0.2) is 59.6 Å². The largest absolute Gasteiger partial charge is 0.497 e. The number of hydrogen-bond donors (Lipinski definition) is 4. The number of aliphatic hydroxyl groups excluding tert-OH is 1. The van der Waals surface area contributed by atoms with Gasteiger partial charge in [0, 0.05) is 28.4 Å². The summed E-state index contributed by atoms with van der Waals surface area (Å²) in [6, 6.07) is 15.2. The third-order valence-electron chi connectivity index (χ3n) is 4.31. The summed E-state index contributed by atoms with van der Waals surface area (Å²) in [5.74, 6) is 1.85. The van der Waals surface area contributed by atoms with E-state index in [0.717, 1.165) is 27.5 Å². The van der Waals surface area contributed by atoms with Crippen LogP contribution in [-0.4, -0.2) is 41.1 Å². The zero-order chi connectivity index (χ0) is 20.8. The van der Waals surface area contributed by atoms with E-state index in [2.05, 4.69) is 20.6 Å². The fraction of sp³-hybridized carbons (Fsp3) is 0.238. The molecule has 0 aliphatic carbocycles. The Kier molecular flexibility index (Phi) is 6.79. The summed E-state index contributed by atoms with van der Waals surface area (Å²) in [4.78, 5) is 10.1. The molecule has 3 aromatic rings. The van der Waals surface area contributed by atoms with Crippen molar-refractivity contribution in [2.75, 3.05) is 30.6 Å². The average molecular weight is 412 g/mol. The Morgan fingerprint density at radius 1 is 1.14 bits per heavy atom. The summed E-state index contributed by atoms with van der Waals surface area (Å²) in [6.07, 6.45) is 3.62. The number of aromatic nitrogens is 2. The van der Waals surface area contributed by atoms with Crippen LogP contribution < -0.4 is 15.4 Å². The first kappa shape index (κ1) is 20.8. The summed E-state index contributed by atoms with van der Waals surface area (Å²) in [7, 11) is 1.11. The number of nitrogens with zero attached hydrogens (tertiary/aromatic N) is 2. The lowest BCUT2D eigenvalue weighted by Gasteiger charge is -2.17. The lowest BCUT2D eigenvalue weighted by atomic mass is 10.1. The van der Waals surface area contributed by atoms with E-state index in [4.69, 9.17) is 9.52 Å². The van der Waals surface area contributed by atoms with Crippen LogP contribution in [0.5, 0.6) is 5.75 Å². The van der Waals surface area contributed by atoms with Gasteiger partial charge in [0.2, 0.25) is 5.95 Å². The Bertz CT molecular complexity index is 977. The van der Waals surface area contributed by atoms with E-state index < -0.39 is 10.7 Å². The van der Waals surface area contributed by atoms with Crippen molar-refractivity contribution in [2.45, 2.75) is 17.9 Å². The van der Waals surface area contributed by atoms with E-state index in [1.54, 1.807) is 13.3 Å². The molecule has 3 rings (SSSR count). The first-order valence-electron chi connectivity index (χ1n) is 9.13. The van der Waals surface area contributed by atoms with Crippen LogP contribution in [0, 0.1) is 4.78 Å². The van der Waals surface area contributed by atoms with Crippen molar-refractivity contribution in [3.8, 4) is 16.9 Å². The van der Waals surface area contributed by atoms with Crippen LogP contribution in [0.4, 0.5) is 17.5 Å². The van der Waals surface area contributed by atoms with Crippen molar-refractivity contribution in [3.63, 3.8) is 0 Å². The van der Waals surface area contributed by atoms with E-state index in [1.807, 2.05) is 61.7 Å². The van der Waals surface area contributed by atoms with Crippen molar-refractivity contribution in [2.24, 2.45) is 0 Å². The number of hydrogen-bond acceptors (Lipinski definition) is 7. The second-order valence-corrected chi connectivity index (χ2v) is 8.06. The topological polar surface area (TPSA) is 103 Å². The van der Waals surface area contributed by atoms with Gasteiger partial charge in [-0.2, -0.15) is 4.98 Å². The van der Waals surface area contributed by atoms with Crippen molar-refractivity contribution in [1.82, 2.24) is 9.97 Å². The van der Waals surface area contributed by atoms with Crippen LogP contribution in [0.1, 0.15) is 6.92 Å². The van der Waals surface area contributed by atoms with E-state index in [9.17, 15) is 5.11 Å². The quantitative estimate of drug-likeness (QED) is 0.446. The third-order valence-corrected chi connectivity index (χ3v) is 5.29. The summed E-state index contributed by atoms with van der Waals surface area (Å²) < 4.78 is 13.0. The molecule has 1 unspecified atom stereocenters. The SMILES string of the molecule is COc1ccc(-c2cnc(Nc3ccc(S(C)=N)cc3)nc2N[C@H](C)CO)cc1. The summed E-state index contributed by atoms with van der Waals surface area (Å²) in [6.45, 7) is 1.87. The minimum absolute atomic E-state index is 0.0115. The molecule has 0 saturated carbocycles. The van der Waals surface area contributed by atoms with Gasteiger partial charge in [-0.3, -0.25) is 4.78 Å². The highest BCUT2D eigenvalue weighted by atomic mass is 32.2. The second-order valence-electron chi connectivity index (χ2n) is 6.57. The number of ether oxygens (including phenoxy) is 1. The Morgan fingerprint density at radius 2 is 1.83 bits per heavy atom. The molecule has 29 heavy (non-hydrogen) atoms. The minimum Gasteiger partial charge on any atom is -0.497 e. The van der Waals surface area contributed by atoms with Gasteiger partial charge in [0.15, 0.2) is 0 Å². The Balaban J connectivity index is 1.90. The number of benzene rings is 2. The van der Waals surface area contributed by atoms with Crippen LogP contribution >= 0.6 is 0 Å². The summed E-state index contributed by atoms with van der Waals surface area (Å²) in [5.41, 5.74) is 2.62. The molecule has 0 aliphatic heterocycles. The summed E-state index contributed by atoms with van der Waals surface area (Å²) in [5, 5.41) is 15.9. The maximum absolute atomic E-state index is 9.45. The standard InChI is InChI=1S/C21H25N5O2S/c1-14(13-27)24-20-19(15-4-8-17(28-2)9-5-15)12-23-21(26-20)25-16-6-10-18(11-7-16)29(3)22/h4-12,14,22,27H,13H2,1-3H3,(H2,23,24,25,26)/t14-,29?/m1/s1. The molecule has 7 nitrogen and oxygen atoms in total. The molecule has 2 aromatic carbocycles. The summed E-state index contributed by atoms with van der Waals surface area (Å²) >= 11 is 0. The minimum atomic E-state index is -0.524. The smallest absolute Gasteiger partial charge is 0.229 e. The molecule has 0 fully saturated rings. The number of methoxy groups -OCH3 is 1. The monoisotopic (exact) mass is 411 g/mol. The Hall–Kier alpha value is -2.97. The van der Waals surface area contributed by atoms with Gasteiger partial charge in [-0.25, -0.2) is 4.98 Å². The maximum atomic E-state index is 9.45. The van der Waals surface area contributed by atoms with E-state index >= 15 is 0 Å². The van der Waals surface area contributed by atoms with Gasteiger partial charge >= 0.3 is 0 Å². The Labute approximate surface area is 173 Å². The molecule has 0 saturated heterocycles. The van der Waals surface area contributed by atoms with E-state index in [-0.39, 0.29) is 12.6 Å². The molecule has 1 heterocycles. The molecular weight excluding hydrogens is 386 g/mol. The molecule has 4 N–H and O–H groups in total. The molecule has 152 valence electrons. The molecule has 0 spiro atoms. The van der Waals surface area contributed by atoms with Gasteiger partial charge in [-0.15, -0.1) is 0 Å². The van der Waals surface area contributed by atoms with Gasteiger partial charge < -0.3 is 20.5 Å². The molecule has 1 aromatic heterocycles. The number of aliphatic hydroxyl groups is 1. The number of anilines is 3. The highest BCUT2D eigenvalue weighted by molar-refractivity contribution is 7.85. The van der Waals surface area contributed by atoms with Gasteiger partial charge in [-0.1, -0.05) is 22.8 Å². The zero-order valence-electron chi connectivity index (χ0n) is 16.6. The van der Waals surface area contributed by atoms with Crippen molar-refractivity contribution in [1.29, 1.82) is 4.78 Å². The van der Waals surface area contributed by atoms with Crippen molar-refractivity contribution < 1.29 is 9.84 Å². The molecule has 0 aliphatic rings. The van der Waals surface area contributed by atoms with Gasteiger partial charge in [-0.05, 0) is 55.1 Å². The number of nitrogens with one attached hydrogen (secondary N) is 3.